The second-order valence-electron chi connectivity index (χ2n) is 5.06. The lowest BCUT2D eigenvalue weighted by molar-refractivity contribution is 0.623. The normalized spacial score (nSPS) is 14.4. The van der Waals surface area contributed by atoms with Crippen LogP contribution in [0.25, 0.3) is 5.69 Å². The Kier molecular flexibility index (Phi) is 3.34. The first-order valence-electron chi connectivity index (χ1n) is 6.88. The Bertz CT molecular complexity index is 795. The molecule has 1 aliphatic carbocycles. The van der Waals surface area contributed by atoms with Crippen LogP contribution in [0.4, 0.5) is 4.39 Å². The number of aromatic amines is 1. The monoisotopic (exact) mass is 317 g/mol. The van der Waals surface area contributed by atoms with Gasteiger partial charge in [-0.3, -0.25) is 5.10 Å². The summed E-state index contributed by atoms with van der Waals surface area (Å²) < 4.78 is 14.8. The summed E-state index contributed by atoms with van der Waals surface area (Å²) in [7, 11) is 0. The Morgan fingerprint density at radius 1 is 1.36 bits per heavy atom. The SMILES string of the molecule is Fc1cccc(-n2nnnc2SCc2nc(C3CC3)n[nH]2)c1. The molecule has 0 amide bonds. The minimum atomic E-state index is -0.326. The fourth-order valence-electron chi connectivity index (χ4n) is 2.07. The third-order valence-corrected chi connectivity index (χ3v) is 4.25. The molecule has 0 radical (unpaired) electrons. The summed E-state index contributed by atoms with van der Waals surface area (Å²) in [6, 6.07) is 6.15. The van der Waals surface area contributed by atoms with Crippen LogP contribution in [0.5, 0.6) is 0 Å². The molecular formula is C13H12FN7S. The van der Waals surface area contributed by atoms with Crippen molar-refractivity contribution < 1.29 is 4.39 Å². The predicted molar refractivity (Wildman–Crippen MR) is 77.0 cm³/mol. The number of hydrogen-bond acceptors (Lipinski definition) is 6. The average Bonchev–Trinajstić information content (AvgIpc) is 3.09. The van der Waals surface area contributed by atoms with E-state index in [1.54, 1.807) is 12.1 Å². The first-order chi connectivity index (χ1) is 10.8. The molecule has 112 valence electrons. The van der Waals surface area contributed by atoms with Crippen molar-refractivity contribution in [2.24, 2.45) is 0 Å². The van der Waals surface area contributed by atoms with Crippen molar-refractivity contribution in [2.75, 3.05) is 0 Å². The molecule has 0 bridgehead atoms. The van der Waals surface area contributed by atoms with Gasteiger partial charge in [-0.25, -0.2) is 9.37 Å². The molecule has 0 unspecified atom stereocenters. The number of halogens is 1. The van der Waals surface area contributed by atoms with E-state index in [0.29, 0.717) is 22.5 Å². The van der Waals surface area contributed by atoms with Crippen LogP contribution in [0.15, 0.2) is 29.4 Å². The Morgan fingerprint density at radius 2 is 2.27 bits per heavy atom. The van der Waals surface area contributed by atoms with Gasteiger partial charge in [0.05, 0.1) is 11.4 Å². The first-order valence-corrected chi connectivity index (χ1v) is 7.86. The van der Waals surface area contributed by atoms with E-state index in [4.69, 9.17) is 0 Å². The maximum Gasteiger partial charge on any atom is 0.214 e. The van der Waals surface area contributed by atoms with Gasteiger partial charge in [0.1, 0.15) is 11.6 Å². The van der Waals surface area contributed by atoms with Gasteiger partial charge in [0, 0.05) is 5.92 Å². The lowest BCUT2D eigenvalue weighted by atomic mass is 10.3. The van der Waals surface area contributed by atoms with Crippen molar-refractivity contribution in [1.82, 2.24) is 35.4 Å². The van der Waals surface area contributed by atoms with Crippen molar-refractivity contribution >= 4 is 11.8 Å². The van der Waals surface area contributed by atoms with Crippen molar-refractivity contribution in [3.05, 3.63) is 41.7 Å². The van der Waals surface area contributed by atoms with Gasteiger partial charge in [0.25, 0.3) is 0 Å². The second kappa shape index (κ2) is 5.48. The number of rotatable bonds is 5. The number of H-pyrrole nitrogens is 1. The van der Waals surface area contributed by atoms with Crippen molar-refractivity contribution in [3.63, 3.8) is 0 Å². The molecule has 22 heavy (non-hydrogen) atoms. The van der Waals surface area contributed by atoms with Crippen molar-refractivity contribution in [2.45, 2.75) is 29.7 Å². The molecule has 9 heteroatoms. The van der Waals surface area contributed by atoms with Gasteiger partial charge in [-0.05, 0) is 41.5 Å². The number of thioether (sulfide) groups is 1. The molecule has 7 nitrogen and oxygen atoms in total. The quantitative estimate of drug-likeness (QED) is 0.725. The highest BCUT2D eigenvalue weighted by atomic mass is 32.2. The van der Waals surface area contributed by atoms with E-state index in [9.17, 15) is 4.39 Å². The van der Waals surface area contributed by atoms with Crippen molar-refractivity contribution in [1.29, 1.82) is 0 Å². The third-order valence-electron chi connectivity index (χ3n) is 3.32. The van der Waals surface area contributed by atoms with Gasteiger partial charge in [0.2, 0.25) is 5.16 Å². The van der Waals surface area contributed by atoms with Crippen LogP contribution in [-0.4, -0.2) is 35.4 Å². The van der Waals surface area contributed by atoms with Crippen LogP contribution in [-0.2, 0) is 5.75 Å². The predicted octanol–water partition coefficient (Wildman–Crippen LogP) is 2.09. The molecule has 2 aromatic heterocycles. The summed E-state index contributed by atoms with van der Waals surface area (Å²) in [4.78, 5) is 4.46. The fourth-order valence-corrected chi connectivity index (χ4v) is 2.82. The minimum absolute atomic E-state index is 0.326. The Morgan fingerprint density at radius 3 is 3.09 bits per heavy atom. The van der Waals surface area contributed by atoms with E-state index in [1.807, 2.05) is 0 Å². The summed E-state index contributed by atoms with van der Waals surface area (Å²) in [5, 5.41) is 19.3. The standard InChI is InChI=1S/C13H12FN7S/c14-9-2-1-3-10(6-9)21-13(18-19-20-21)22-7-11-15-12(17-16-11)8-4-5-8/h1-3,6,8H,4-5,7H2,(H,15,16,17). The number of benzene rings is 1. The maximum absolute atomic E-state index is 13.3. The summed E-state index contributed by atoms with van der Waals surface area (Å²) in [5.41, 5.74) is 0.587. The maximum atomic E-state index is 13.3. The largest absolute Gasteiger partial charge is 0.262 e. The van der Waals surface area contributed by atoms with Gasteiger partial charge in [-0.1, -0.05) is 17.8 Å². The molecule has 1 aromatic carbocycles. The molecule has 2 heterocycles. The van der Waals surface area contributed by atoms with Gasteiger partial charge in [-0.2, -0.15) is 9.78 Å². The zero-order chi connectivity index (χ0) is 14.9. The molecule has 0 spiro atoms. The van der Waals surface area contributed by atoms with Crippen LogP contribution >= 0.6 is 11.8 Å². The Balaban J connectivity index is 1.50. The molecule has 1 fully saturated rings. The topological polar surface area (TPSA) is 85.2 Å². The lowest BCUT2D eigenvalue weighted by Crippen LogP contribution is -1.99. The second-order valence-corrected chi connectivity index (χ2v) is 6.00. The number of nitrogens with one attached hydrogen (secondary N) is 1. The van der Waals surface area contributed by atoms with Gasteiger partial charge in [0.15, 0.2) is 5.82 Å². The molecular weight excluding hydrogens is 305 g/mol. The van der Waals surface area contributed by atoms with E-state index < -0.39 is 0 Å². The van der Waals surface area contributed by atoms with E-state index in [-0.39, 0.29) is 5.82 Å². The molecule has 1 aliphatic rings. The van der Waals surface area contributed by atoms with Gasteiger partial charge in [-0.15, -0.1) is 5.10 Å². The molecule has 0 saturated heterocycles. The van der Waals surface area contributed by atoms with E-state index in [2.05, 4.69) is 30.7 Å². The highest BCUT2D eigenvalue weighted by Crippen LogP contribution is 2.38. The summed E-state index contributed by atoms with van der Waals surface area (Å²) in [6.07, 6.45) is 2.34. The Hall–Kier alpha value is -2.29. The number of tetrazole rings is 1. The first kappa shape index (κ1) is 13.4. The van der Waals surface area contributed by atoms with Gasteiger partial charge < -0.3 is 0 Å². The van der Waals surface area contributed by atoms with E-state index >= 15 is 0 Å². The number of nitrogens with zero attached hydrogens (tertiary/aromatic N) is 6. The van der Waals surface area contributed by atoms with Crippen molar-refractivity contribution in [3.8, 4) is 5.69 Å². The summed E-state index contributed by atoms with van der Waals surface area (Å²) >= 11 is 1.42. The molecule has 0 atom stereocenters. The van der Waals surface area contributed by atoms with Crippen LogP contribution in [0.1, 0.15) is 30.4 Å². The fraction of sp³-hybridized carbons (Fsp3) is 0.308. The van der Waals surface area contributed by atoms with E-state index in [1.165, 1.54) is 41.4 Å². The molecule has 0 aliphatic heterocycles. The highest BCUT2D eigenvalue weighted by molar-refractivity contribution is 7.98. The smallest absolute Gasteiger partial charge is 0.214 e. The number of aromatic nitrogens is 7. The van der Waals surface area contributed by atoms with E-state index in [0.717, 1.165) is 11.6 Å². The molecule has 1 N–H and O–H groups in total. The van der Waals surface area contributed by atoms with Crippen LogP contribution in [0.3, 0.4) is 0 Å². The Labute approximate surface area is 129 Å². The van der Waals surface area contributed by atoms with Crippen LogP contribution in [0, 0.1) is 5.82 Å². The molecule has 3 aromatic rings. The average molecular weight is 317 g/mol. The third kappa shape index (κ3) is 2.71. The highest BCUT2D eigenvalue weighted by Gasteiger charge is 2.27. The lowest BCUT2D eigenvalue weighted by Gasteiger charge is -2.03. The zero-order valence-corrected chi connectivity index (χ0v) is 12.3. The molecule has 4 rings (SSSR count). The van der Waals surface area contributed by atoms with Crippen LogP contribution < -0.4 is 0 Å². The van der Waals surface area contributed by atoms with Crippen LogP contribution in [0.2, 0.25) is 0 Å². The van der Waals surface area contributed by atoms with Gasteiger partial charge >= 0.3 is 0 Å². The summed E-state index contributed by atoms with van der Waals surface area (Å²) in [6.45, 7) is 0. The zero-order valence-electron chi connectivity index (χ0n) is 11.5. The minimum Gasteiger partial charge on any atom is -0.262 e. The number of hydrogen-bond donors (Lipinski definition) is 1. The molecule has 1 saturated carbocycles. The summed E-state index contributed by atoms with van der Waals surface area (Å²) in [5.74, 6) is 2.46.